The van der Waals surface area contributed by atoms with Crippen LogP contribution in [-0.2, 0) is 66.0 Å². The predicted molar refractivity (Wildman–Crippen MR) is 386 cm³/mol. The number of non-ortho nitro benzene ring substituents is 1. The first-order valence-electron chi connectivity index (χ1n) is 35.9. The summed E-state index contributed by atoms with van der Waals surface area (Å²) in [6.07, 6.45) is -0.407. The summed E-state index contributed by atoms with van der Waals surface area (Å²) in [5.74, 6) is 1.75. The maximum atomic E-state index is 14.2. The van der Waals surface area contributed by atoms with E-state index < -0.39 is 90.1 Å². The van der Waals surface area contributed by atoms with Crippen LogP contribution >= 0.6 is 0 Å². The molecule has 2 amide bonds. The van der Waals surface area contributed by atoms with E-state index in [1.165, 1.54) is 57.1 Å². The Labute approximate surface area is 624 Å². The molecule has 0 aromatic heterocycles. The Morgan fingerprint density at radius 2 is 1.00 bits per heavy atom. The molecule has 0 saturated carbocycles. The minimum absolute atomic E-state index is 0.00347. The Hall–Kier alpha value is -7.99. The Balaban J connectivity index is 0.000000197. The fourth-order valence-electron chi connectivity index (χ4n) is 13.1. The number of aliphatic hydroxyl groups excluding tert-OH is 4. The summed E-state index contributed by atoms with van der Waals surface area (Å²) >= 11 is 0. The second-order valence-electron chi connectivity index (χ2n) is 29.6. The number of nitro groups is 1. The van der Waals surface area contributed by atoms with E-state index in [0.29, 0.717) is 68.3 Å². The fraction of sp³-hybridized carbons (Fsp3) is 0.560. The number of benzene rings is 5. The van der Waals surface area contributed by atoms with E-state index in [1.54, 1.807) is 32.9 Å². The molecule has 0 aliphatic carbocycles. The van der Waals surface area contributed by atoms with Gasteiger partial charge in [-0.3, -0.25) is 10.1 Å². The number of amides is 2. The number of unbranched alkanes of at least 4 members (excludes halogenated alkanes) is 2. The zero-order valence-electron chi connectivity index (χ0n) is 61.4. The molecule has 588 valence electrons. The number of nitro benzene ring substituents is 1. The average Bonchev–Trinajstić information content (AvgIpc) is 1.76. The van der Waals surface area contributed by atoms with Crippen molar-refractivity contribution in [3.05, 3.63) is 143 Å². The molecule has 10 atom stereocenters. The first-order valence-corrected chi connectivity index (χ1v) is 38.8. The standard InChI is InChI=1S/C32H44N2O10S.C30H44N2O8S.C13H13NO7/c1-32(2,13-6-7-14-35)20-34(45(38,39)23-10-11-27-28(17-23)43-21-42-27)18-26(36)25(16-22-8-4-3-5-9-22)33-31(37)44-29-19-41-30-24(29)12-15-40-30;1-29(2,3)40-28(35)31-24(17-22-11-7-6-8-12-22)25(34)19-32(20-30(4,5)15-9-10-16-33)41(36,37)23-13-14-26-27(18-23)39-21-38-26;15-13(20-9-3-1-8(2-4-9)14(16)17)21-11-7-19-12-10(11)5-6-18-12/h3-5,8-11,17,24-26,29-30,35-36H,6-7,12-16,18-21H2,1-2H3,(H,33,37);6-8,11-14,18,24-25,33-34H,9-10,15-17,19-21H2,1-5H3,(H,31,35);1-4,10-12H,5-7H2/t24-,25-,26+,29-,30+;24-,25+;10-,11-,12+/m000/s1. The van der Waals surface area contributed by atoms with Crippen molar-refractivity contribution in [3.8, 4) is 28.7 Å². The van der Waals surface area contributed by atoms with E-state index >= 15 is 0 Å². The van der Waals surface area contributed by atoms with Gasteiger partial charge in [-0.2, -0.15) is 8.61 Å². The van der Waals surface area contributed by atoms with Crippen molar-refractivity contribution in [3.63, 3.8) is 0 Å². The number of aliphatic hydroxyl groups is 4. The Bertz CT molecular complexity index is 3950. The Kier molecular flexibility index (Phi) is 29.4. The molecule has 6 aliphatic heterocycles. The van der Waals surface area contributed by atoms with Crippen LogP contribution < -0.4 is 34.3 Å². The van der Waals surface area contributed by atoms with Gasteiger partial charge in [0, 0.05) is 63.7 Å². The van der Waals surface area contributed by atoms with E-state index in [9.17, 15) is 61.8 Å². The lowest BCUT2D eigenvalue weighted by Gasteiger charge is -2.35. The number of rotatable bonds is 32. The van der Waals surface area contributed by atoms with Crippen LogP contribution in [0.3, 0.4) is 0 Å². The topological polar surface area (TPSA) is 385 Å². The number of hydrogen-bond acceptors (Lipinski definition) is 25. The third-order valence-electron chi connectivity index (χ3n) is 18.7. The zero-order chi connectivity index (χ0) is 77.1. The third kappa shape index (κ3) is 24.3. The lowest BCUT2D eigenvalue weighted by Crippen LogP contribution is -2.52. The van der Waals surface area contributed by atoms with Crippen LogP contribution in [0.2, 0.25) is 0 Å². The van der Waals surface area contributed by atoms with E-state index in [0.717, 1.165) is 30.4 Å². The van der Waals surface area contributed by atoms with Gasteiger partial charge in [-0.25, -0.2) is 31.2 Å². The lowest BCUT2D eigenvalue weighted by atomic mass is 9.87. The highest BCUT2D eigenvalue weighted by atomic mass is 32.2. The van der Waals surface area contributed by atoms with Crippen molar-refractivity contribution in [1.29, 1.82) is 0 Å². The Morgan fingerprint density at radius 3 is 1.43 bits per heavy atom. The Morgan fingerprint density at radius 1 is 0.570 bits per heavy atom. The predicted octanol–water partition coefficient (Wildman–Crippen LogP) is 9.02. The van der Waals surface area contributed by atoms with Gasteiger partial charge in [0.1, 0.15) is 23.6 Å². The van der Waals surface area contributed by atoms with Crippen LogP contribution in [0.25, 0.3) is 0 Å². The first-order chi connectivity index (χ1) is 50.9. The van der Waals surface area contributed by atoms with Gasteiger partial charge in [0.05, 0.1) is 77.3 Å². The summed E-state index contributed by atoms with van der Waals surface area (Å²) in [5, 5.41) is 57.8. The largest absolute Gasteiger partial charge is 0.514 e. The second kappa shape index (κ2) is 37.9. The molecular formula is C75H101N5O25S2. The van der Waals surface area contributed by atoms with Crippen LogP contribution in [0.15, 0.2) is 131 Å². The number of fused-ring (bicyclic) bond motifs is 4. The molecule has 0 radical (unpaired) electrons. The molecule has 30 nitrogen and oxygen atoms in total. The van der Waals surface area contributed by atoms with Crippen LogP contribution in [-0.4, -0.2) is 203 Å². The van der Waals surface area contributed by atoms with E-state index in [1.807, 2.05) is 88.4 Å². The van der Waals surface area contributed by atoms with Gasteiger partial charge in [0.2, 0.25) is 33.6 Å². The van der Waals surface area contributed by atoms with Crippen molar-refractivity contribution in [2.45, 2.75) is 177 Å². The van der Waals surface area contributed by atoms with Crippen molar-refractivity contribution in [2.24, 2.45) is 22.7 Å². The molecule has 0 spiro atoms. The summed E-state index contributed by atoms with van der Waals surface area (Å²) < 4.78 is 124. The molecule has 0 bridgehead atoms. The maximum absolute atomic E-state index is 14.2. The summed E-state index contributed by atoms with van der Waals surface area (Å²) in [5.41, 5.74) is -0.0641. The van der Waals surface area contributed by atoms with Crippen LogP contribution in [0, 0.1) is 32.8 Å². The molecule has 6 N–H and O–H groups in total. The van der Waals surface area contributed by atoms with Crippen molar-refractivity contribution < 1.29 is 113 Å². The van der Waals surface area contributed by atoms with E-state index in [4.69, 9.17) is 56.8 Å². The number of hydrogen-bond donors (Lipinski definition) is 6. The number of carbonyl (C=O) groups is 3. The lowest BCUT2D eigenvalue weighted by molar-refractivity contribution is -0.384. The molecule has 4 saturated heterocycles. The van der Waals surface area contributed by atoms with Gasteiger partial charge in [0.15, 0.2) is 35.6 Å². The molecule has 11 rings (SSSR count). The van der Waals surface area contributed by atoms with Gasteiger partial charge in [-0.05, 0) is 130 Å². The van der Waals surface area contributed by atoms with E-state index in [2.05, 4.69) is 10.6 Å². The van der Waals surface area contributed by atoms with Crippen molar-refractivity contribution >= 4 is 44.1 Å². The molecule has 5 aromatic carbocycles. The molecule has 6 heterocycles. The normalized spacial score (nSPS) is 20.5. The van der Waals surface area contributed by atoms with Crippen molar-refractivity contribution in [2.75, 3.05) is 79.4 Å². The number of carbonyl (C=O) groups excluding carboxylic acids is 3. The maximum Gasteiger partial charge on any atom is 0.514 e. The molecule has 4 fully saturated rings. The molecular weight excluding hydrogens is 1430 g/mol. The smallest absolute Gasteiger partial charge is 0.454 e. The van der Waals surface area contributed by atoms with Gasteiger partial charge in [0.25, 0.3) is 5.69 Å². The first kappa shape index (κ1) is 83.1. The summed E-state index contributed by atoms with van der Waals surface area (Å²) in [6, 6.07) is 31.0. The van der Waals surface area contributed by atoms with Crippen molar-refractivity contribution in [1.82, 2.24) is 19.2 Å². The second-order valence-corrected chi connectivity index (χ2v) is 33.5. The number of sulfonamides is 2. The monoisotopic (exact) mass is 1540 g/mol. The van der Waals surface area contributed by atoms with Crippen LogP contribution in [0.5, 0.6) is 28.7 Å². The number of nitrogens with one attached hydrogen (secondary N) is 2. The van der Waals surface area contributed by atoms with Gasteiger partial charge in [-0.1, -0.05) is 101 Å². The number of ether oxygens (including phenoxy) is 12. The highest BCUT2D eigenvalue weighted by Crippen LogP contribution is 2.40. The summed E-state index contributed by atoms with van der Waals surface area (Å²) in [6.45, 7) is 14.5. The quantitative estimate of drug-likeness (QED) is 0.00583. The van der Waals surface area contributed by atoms with Gasteiger partial charge >= 0.3 is 18.3 Å². The molecule has 5 aromatic rings. The summed E-state index contributed by atoms with van der Waals surface area (Å²) in [7, 11) is -8.23. The van der Waals surface area contributed by atoms with Crippen LogP contribution in [0.4, 0.5) is 20.1 Å². The fourth-order valence-corrected chi connectivity index (χ4v) is 16.5. The molecule has 6 aliphatic rings. The number of alkyl carbamates (subject to hydrolysis) is 2. The highest BCUT2D eigenvalue weighted by molar-refractivity contribution is 7.89. The van der Waals surface area contributed by atoms with Gasteiger partial charge in [-0.15, -0.1) is 0 Å². The average molecular weight is 1540 g/mol. The van der Waals surface area contributed by atoms with Crippen LogP contribution in [0.1, 0.15) is 111 Å². The molecule has 107 heavy (non-hydrogen) atoms. The highest BCUT2D eigenvalue weighted by Gasteiger charge is 2.46. The minimum Gasteiger partial charge on any atom is -0.454 e. The SMILES string of the molecule is CC(C)(CCCCO)CN(C[C@@H](O)[C@H](Cc1ccccc1)NC(=O)OC(C)(C)C)S(=O)(=O)c1ccc2c(c1)OCO2.CC(C)(CCCCO)CN(C[C@@H](O)[C@H](Cc1ccccc1)NC(=O)O[C@H]1CO[C@H]2OCC[C@H]21)S(=O)(=O)c1ccc2c(c1)OCO2.O=C(Oc1ccc([N+](=O)[O-])cc1)O[C@H]1CO[C@H]2OCC[C@H]21. The van der Waals surface area contributed by atoms with E-state index in [-0.39, 0.29) is 131 Å². The molecule has 32 heteroatoms. The summed E-state index contributed by atoms with van der Waals surface area (Å²) in [4.78, 5) is 47.6. The minimum atomic E-state index is -4.13. The molecule has 0 unspecified atom stereocenters. The zero-order valence-corrected chi connectivity index (χ0v) is 63.0. The third-order valence-corrected chi connectivity index (χ3v) is 22.3. The van der Waals surface area contributed by atoms with Gasteiger partial charge < -0.3 is 87.9 Å². The number of nitrogens with zero attached hydrogens (tertiary/aromatic N) is 3.